The number of phenolic OH excluding ortho intramolecular Hbond substituents is 2. The highest BCUT2D eigenvalue weighted by Gasteiger charge is 2.27. The topological polar surface area (TPSA) is 71.3 Å². The first-order valence-electron chi connectivity index (χ1n) is 9.64. The maximum Gasteiger partial charge on any atom is 0.131 e. The van der Waals surface area contributed by atoms with Gasteiger partial charge in [0, 0.05) is 22.9 Å². The summed E-state index contributed by atoms with van der Waals surface area (Å²) < 4.78 is 11.1. The fourth-order valence-electron chi connectivity index (χ4n) is 4.44. The lowest BCUT2D eigenvalue weighted by Gasteiger charge is -2.26. The molecule has 0 unspecified atom stereocenters. The molecule has 1 heterocycles. The van der Waals surface area contributed by atoms with Crippen LogP contribution in [-0.4, -0.2) is 36.2 Å². The lowest BCUT2D eigenvalue weighted by atomic mass is 9.84. The summed E-state index contributed by atoms with van der Waals surface area (Å²) in [6.45, 7) is 6.02. The van der Waals surface area contributed by atoms with Gasteiger partial charge in [-0.3, -0.25) is 4.99 Å². The molecule has 1 aliphatic heterocycles. The molecule has 5 nitrogen and oxygen atoms in total. The number of aryl methyl sites for hydroxylation is 1. The first-order valence-corrected chi connectivity index (χ1v) is 9.64. The molecule has 0 radical (unpaired) electrons. The standard InChI is InChI=1S/C24H25NO4/c1-12-8-16-15(6-7-18(26)24(16)20(9-12)28-4)23-17-10-13(2)25-14(3)22(17)21(29-5)11-19(23)27/h6-9,11,13,26-27H,10H2,1-5H3/t13-/m0/s1. The van der Waals surface area contributed by atoms with Crippen LogP contribution in [0.25, 0.3) is 21.9 Å². The highest BCUT2D eigenvalue weighted by molar-refractivity contribution is 6.09. The summed E-state index contributed by atoms with van der Waals surface area (Å²) in [4.78, 5) is 4.71. The van der Waals surface area contributed by atoms with Gasteiger partial charge in [0.2, 0.25) is 0 Å². The van der Waals surface area contributed by atoms with Gasteiger partial charge in [-0.1, -0.05) is 6.07 Å². The largest absolute Gasteiger partial charge is 0.507 e. The Morgan fingerprint density at radius 3 is 2.34 bits per heavy atom. The number of benzene rings is 3. The van der Waals surface area contributed by atoms with Gasteiger partial charge in [0.25, 0.3) is 0 Å². The average molecular weight is 391 g/mol. The summed E-state index contributed by atoms with van der Waals surface area (Å²) in [5.41, 5.74) is 5.44. The number of hydrogen-bond acceptors (Lipinski definition) is 5. The molecule has 3 aromatic rings. The van der Waals surface area contributed by atoms with Gasteiger partial charge in [0.15, 0.2) is 0 Å². The van der Waals surface area contributed by atoms with Crippen LogP contribution in [0.1, 0.15) is 30.5 Å². The van der Waals surface area contributed by atoms with Crippen molar-refractivity contribution in [1.29, 1.82) is 0 Å². The van der Waals surface area contributed by atoms with Crippen LogP contribution < -0.4 is 9.47 Å². The zero-order chi connectivity index (χ0) is 20.9. The van der Waals surface area contributed by atoms with Crippen LogP contribution in [0.2, 0.25) is 0 Å². The Hall–Kier alpha value is -3.21. The lowest BCUT2D eigenvalue weighted by molar-refractivity contribution is 0.405. The number of rotatable bonds is 3. The van der Waals surface area contributed by atoms with Crippen molar-refractivity contribution < 1.29 is 19.7 Å². The smallest absolute Gasteiger partial charge is 0.131 e. The molecule has 0 saturated heterocycles. The van der Waals surface area contributed by atoms with E-state index in [2.05, 4.69) is 6.92 Å². The van der Waals surface area contributed by atoms with Crippen molar-refractivity contribution >= 4 is 16.5 Å². The van der Waals surface area contributed by atoms with E-state index in [1.165, 1.54) is 0 Å². The molecule has 0 aromatic heterocycles. The van der Waals surface area contributed by atoms with Crippen LogP contribution in [0.3, 0.4) is 0 Å². The van der Waals surface area contributed by atoms with Gasteiger partial charge in [-0.15, -0.1) is 0 Å². The SMILES string of the molecule is COc1cc(O)c(-c2ccc(O)c3c(OC)cc(C)cc23)c2c1C(C)=N[C@@H](C)C2. The Morgan fingerprint density at radius 2 is 1.66 bits per heavy atom. The first-order chi connectivity index (χ1) is 13.8. The number of fused-ring (bicyclic) bond motifs is 2. The molecule has 150 valence electrons. The Labute approximate surface area is 170 Å². The third-order valence-corrected chi connectivity index (χ3v) is 5.56. The van der Waals surface area contributed by atoms with Crippen molar-refractivity contribution in [2.75, 3.05) is 14.2 Å². The monoisotopic (exact) mass is 391 g/mol. The summed E-state index contributed by atoms with van der Waals surface area (Å²) in [7, 11) is 3.19. The number of ether oxygens (including phenoxy) is 2. The van der Waals surface area contributed by atoms with E-state index in [1.807, 2.05) is 32.0 Å². The fraction of sp³-hybridized carbons (Fsp3) is 0.292. The molecular formula is C24H25NO4. The summed E-state index contributed by atoms with van der Waals surface area (Å²) in [5, 5.41) is 23.0. The van der Waals surface area contributed by atoms with E-state index in [1.54, 1.807) is 26.4 Å². The van der Waals surface area contributed by atoms with Crippen LogP contribution in [0, 0.1) is 6.92 Å². The summed E-state index contributed by atoms with van der Waals surface area (Å²) in [6.07, 6.45) is 0.693. The molecule has 0 bridgehead atoms. The van der Waals surface area contributed by atoms with Gasteiger partial charge < -0.3 is 19.7 Å². The van der Waals surface area contributed by atoms with Crippen LogP contribution in [0.4, 0.5) is 0 Å². The lowest BCUT2D eigenvalue weighted by Crippen LogP contribution is -2.19. The zero-order valence-electron chi connectivity index (χ0n) is 17.3. The van der Waals surface area contributed by atoms with Crippen LogP contribution in [0.15, 0.2) is 35.3 Å². The zero-order valence-corrected chi connectivity index (χ0v) is 17.3. The minimum Gasteiger partial charge on any atom is -0.507 e. The first kappa shape index (κ1) is 19.1. The average Bonchev–Trinajstić information content (AvgIpc) is 2.67. The normalized spacial score (nSPS) is 15.8. The van der Waals surface area contributed by atoms with Gasteiger partial charge in [0.1, 0.15) is 23.0 Å². The molecule has 1 aliphatic rings. The van der Waals surface area contributed by atoms with Gasteiger partial charge >= 0.3 is 0 Å². The predicted molar refractivity (Wildman–Crippen MR) is 116 cm³/mol. The van der Waals surface area contributed by atoms with Crippen LogP contribution in [0.5, 0.6) is 23.0 Å². The maximum atomic E-state index is 11.0. The minimum absolute atomic E-state index is 0.104. The van der Waals surface area contributed by atoms with Crippen LogP contribution >= 0.6 is 0 Å². The number of aliphatic imine (C=N–C) groups is 1. The second kappa shape index (κ2) is 6.99. The Bertz CT molecular complexity index is 1160. The molecule has 1 atom stereocenters. The van der Waals surface area contributed by atoms with Crippen molar-refractivity contribution in [3.05, 3.63) is 47.0 Å². The molecule has 3 aromatic carbocycles. The van der Waals surface area contributed by atoms with Crippen molar-refractivity contribution in [3.8, 4) is 34.1 Å². The van der Waals surface area contributed by atoms with Gasteiger partial charge in [0.05, 0.1) is 25.6 Å². The molecule has 4 rings (SSSR count). The summed E-state index contributed by atoms with van der Waals surface area (Å²) >= 11 is 0. The van der Waals surface area contributed by atoms with Crippen LogP contribution in [-0.2, 0) is 6.42 Å². The Morgan fingerprint density at radius 1 is 0.931 bits per heavy atom. The van der Waals surface area contributed by atoms with Crippen molar-refractivity contribution in [2.45, 2.75) is 33.2 Å². The maximum absolute atomic E-state index is 11.0. The van der Waals surface area contributed by atoms with Crippen molar-refractivity contribution in [3.63, 3.8) is 0 Å². The molecule has 5 heteroatoms. The molecule has 0 spiro atoms. The molecule has 0 amide bonds. The van der Waals surface area contributed by atoms with E-state index in [4.69, 9.17) is 14.5 Å². The van der Waals surface area contributed by atoms with E-state index in [-0.39, 0.29) is 17.5 Å². The minimum atomic E-state index is 0.104. The Kier molecular flexibility index (Phi) is 4.61. The van der Waals surface area contributed by atoms with Crippen molar-refractivity contribution in [2.24, 2.45) is 4.99 Å². The number of nitrogens with zero attached hydrogens (tertiary/aromatic N) is 1. The highest BCUT2D eigenvalue weighted by atomic mass is 16.5. The molecule has 0 saturated carbocycles. The molecule has 0 aliphatic carbocycles. The quantitative estimate of drug-likeness (QED) is 0.659. The van der Waals surface area contributed by atoms with E-state index in [9.17, 15) is 10.2 Å². The molecule has 2 N–H and O–H groups in total. The number of phenols is 2. The third-order valence-electron chi connectivity index (χ3n) is 5.56. The fourth-order valence-corrected chi connectivity index (χ4v) is 4.44. The molecular weight excluding hydrogens is 366 g/mol. The van der Waals surface area contributed by atoms with Gasteiger partial charge in [-0.05, 0) is 67.5 Å². The molecule has 0 fully saturated rings. The van der Waals surface area contributed by atoms with E-state index in [0.29, 0.717) is 23.3 Å². The van der Waals surface area contributed by atoms with E-state index in [0.717, 1.165) is 38.9 Å². The highest BCUT2D eigenvalue weighted by Crippen LogP contribution is 2.47. The number of hydrogen-bond donors (Lipinski definition) is 2. The predicted octanol–water partition coefficient (Wildman–Crippen LogP) is 5.00. The van der Waals surface area contributed by atoms with Crippen molar-refractivity contribution in [1.82, 2.24) is 0 Å². The third kappa shape index (κ3) is 2.97. The second-order valence-corrected chi connectivity index (χ2v) is 7.62. The number of methoxy groups -OCH3 is 2. The van der Waals surface area contributed by atoms with E-state index < -0.39 is 0 Å². The second-order valence-electron chi connectivity index (χ2n) is 7.62. The van der Waals surface area contributed by atoms with Gasteiger partial charge in [-0.2, -0.15) is 0 Å². The van der Waals surface area contributed by atoms with E-state index >= 15 is 0 Å². The number of aromatic hydroxyl groups is 2. The Balaban J connectivity index is 2.14. The summed E-state index contributed by atoms with van der Waals surface area (Å²) in [6, 6.07) is 9.16. The summed E-state index contributed by atoms with van der Waals surface area (Å²) in [5.74, 6) is 1.52. The van der Waals surface area contributed by atoms with Gasteiger partial charge in [-0.25, -0.2) is 0 Å². The molecule has 29 heavy (non-hydrogen) atoms.